The number of rotatable bonds is 4. The zero-order valence-corrected chi connectivity index (χ0v) is 7.73. The molecule has 0 aliphatic heterocycles. The van der Waals surface area contributed by atoms with E-state index in [4.69, 9.17) is 5.26 Å². The molecule has 78 valence electrons. The highest BCUT2D eigenvalue weighted by Crippen LogP contribution is 2.07. The Kier molecular flexibility index (Phi) is 4.23. The van der Waals surface area contributed by atoms with Crippen molar-refractivity contribution in [1.29, 1.82) is 5.26 Å². The molecule has 0 saturated heterocycles. The zero-order chi connectivity index (χ0) is 11.1. The molecule has 0 aliphatic carbocycles. The van der Waals surface area contributed by atoms with Crippen LogP contribution >= 0.6 is 0 Å². The van der Waals surface area contributed by atoms with Gasteiger partial charge < -0.3 is 4.84 Å². The first-order valence-corrected chi connectivity index (χ1v) is 4.16. The molecule has 0 atom stereocenters. The van der Waals surface area contributed by atoms with Crippen molar-refractivity contribution in [2.45, 2.75) is 13.0 Å². The normalized spacial score (nSPS) is 10.5. The lowest BCUT2D eigenvalue weighted by molar-refractivity contribution is -0.127. The predicted octanol–water partition coefficient (Wildman–Crippen LogP) is 2.33. The van der Waals surface area contributed by atoms with Crippen molar-refractivity contribution in [2.75, 3.05) is 0 Å². The van der Waals surface area contributed by atoms with Crippen molar-refractivity contribution in [3.63, 3.8) is 0 Å². The molecule has 0 amide bonds. The van der Waals surface area contributed by atoms with Crippen LogP contribution in [0.3, 0.4) is 0 Å². The Labute approximate surface area is 85.6 Å². The fourth-order valence-electron chi connectivity index (χ4n) is 1.04. The lowest BCUT2D eigenvalue weighted by Gasteiger charge is -2.00. The van der Waals surface area contributed by atoms with Crippen LogP contribution in [0.4, 0.5) is 8.78 Å². The van der Waals surface area contributed by atoms with Gasteiger partial charge in [-0.25, -0.2) is 0 Å². The van der Waals surface area contributed by atoms with Crippen LogP contribution in [0.5, 0.6) is 0 Å². The number of hydrogen-bond donors (Lipinski definition) is 0. The molecule has 1 rings (SSSR count). The van der Waals surface area contributed by atoms with E-state index >= 15 is 0 Å². The molecule has 0 unspecified atom stereocenters. The molecule has 0 fully saturated rings. The minimum Gasteiger partial charge on any atom is -0.326 e. The molecule has 5 heteroatoms. The number of nitrogens with zero attached hydrogens (tertiary/aromatic N) is 2. The van der Waals surface area contributed by atoms with Gasteiger partial charge >= 0.3 is 6.61 Å². The van der Waals surface area contributed by atoms with E-state index in [2.05, 4.69) is 9.99 Å². The maximum atomic E-state index is 11.6. The quantitative estimate of drug-likeness (QED) is 0.565. The summed E-state index contributed by atoms with van der Waals surface area (Å²) in [5.41, 5.74) is 1.32. The molecule has 3 nitrogen and oxygen atoms in total. The van der Waals surface area contributed by atoms with Crippen molar-refractivity contribution < 1.29 is 13.6 Å². The van der Waals surface area contributed by atoms with Crippen molar-refractivity contribution in [2.24, 2.45) is 5.16 Å². The molecule has 0 aromatic heterocycles. The molecule has 0 aliphatic rings. The number of nitriles is 1. The second-order valence-corrected chi connectivity index (χ2v) is 2.63. The third-order valence-corrected chi connectivity index (χ3v) is 1.66. The molecule has 0 N–H and O–H groups in total. The molecule has 0 bridgehead atoms. The monoisotopic (exact) mass is 210 g/mol. The van der Waals surface area contributed by atoms with Crippen molar-refractivity contribution in [3.05, 3.63) is 35.4 Å². The molecular weight excluding hydrogens is 202 g/mol. The molecule has 0 spiro atoms. The van der Waals surface area contributed by atoms with Crippen LogP contribution < -0.4 is 0 Å². The summed E-state index contributed by atoms with van der Waals surface area (Å²) < 4.78 is 23.2. The van der Waals surface area contributed by atoms with E-state index < -0.39 is 6.61 Å². The van der Waals surface area contributed by atoms with Gasteiger partial charge in [-0.2, -0.15) is 14.0 Å². The highest BCUT2D eigenvalue weighted by Gasteiger charge is 2.00. The largest absolute Gasteiger partial charge is 0.407 e. The van der Waals surface area contributed by atoms with E-state index in [1.165, 1.54) is 6.21 Å². The lowest BCUT2D eigenvalue weighted by atomic mass is 10.1. The average Bonchev–Trinajstić information content (AvgIpc) is 2.20. The van der Waals surface area contributed by atoms with Gasteiger partial charge in [-0.05, 0) is 5.56 Å². The maximum absolute atomic E-state index is 11.6. The second-order valence-electron chi connectivity index (χ2n) is 2.63. The number of hydrogen-bond acceptors (Lipinski definition) is 3. The van der Waals surface area contributed by atoms with Gasteiger partial charge in [-0.1, -0.05) is 29.4 Å². The van der Waals surface area contributed by atoms with Crippen LogP contribution in [-0.4, -0.2) is 12.8 Å². The van der Waals surface area contributed by atoms with E-state index in [0.29, 0.717) is 5.56 Å². The van der Waals surface area contributed by atoms with Crippen molar-refractivity contribution >= 4 is 6.21 Å². The van der Waals surface area contributed by atoms with Crippen LogP contribution in [0, 0.1) is 11.3 Å². The van der Waals surface area contributed by atoms with Gasteiger partial charge in [0.2, 0.25) is 0 Å². The summed E-state index contributed by atoms with van der Waals surface area (Å²) in [4.78, 5) is 3.73. The summed E-state index contributed by atoms with van der Waals surface area (Å²) in [5, 5.41) is 11.6. The average molecular weight is 210 g/mol. The van der Waals surface area contributed by atoms with Crippen LogP contribution in [0.25, 0.3) is 0 Å². The van der Waals surface area contributed by atoms with Crippen LogP contribution in [-0.2, 0) is 11.3 Å². The Morgan fingerprint density at radius 2 is 2.20 bits per heavy atom. The molecular formula is C10H8F2N2O. The van der Waals surface area contributed by atoms with E-state index in [0.717, 1.165) is 5.56 Å². The second kappa shape index (κ2) is 5.70. The van der Waals surface area contributed by atoms with E-state index in [1.807, 2.05) is 6.07 Å². The highest BCUT2D eigenvalue weighted by molar-refractivity contribution is 5.81. The van der Waals surface area contributed by atoms with Crippen LogP contribution in [0.2, 0.25) is 0 Å². The van der Waals surface area contributed by atoms with Gasteiger partial charge in [-0.3, -0.25) is 0 Å². The lowest BCUT2D eigenvalue weighted by Crippen LogP contribution is -1.95. The maximum Gasteiger partial charge on any atom is 0.407 e. The third kappa shape index (κ3) is 3.73. The van der Waals surface area contributed by atoms with Gasteiger partial charge in [0.25, 0.3) is 0 Å². The molecule has 1 aromatic carbocycles. The highest BCUT2D eigenvalue weighted by atomic mass is 19.3. The summed E-state index contributed by atoms with van der Waals surface area (Å²) in [6.45, 7) is -2.93. The first-order valence-electron chi connectivity index (χ1n) is 4.16. The molecule has 1 aromatic rings. The SMILES string of the molecule is N#CCc1ccccc1/C=N/OC(F)F. The van der Waals surface area contributed by atoms with E-state index in [9.17, 15) is 8.78 Å². The molecule has 15 heavy (non-hydrogen) atoms. The molecule has 0 radical (unpaired) electrons. The van der Waals surface area contributed by atoms with Crippen LogP contribution in [0.1, 0.15) is 11.1 Å². The summed E-state index contributed by atoms with van der Waals surface area (Å²) >= 11 is 0. The van der Waals surface area contributed by atoms with Crippen molar-refractivity contribution in [3.8, 4) is 6.07 Å². The zero-order valence-electron chi connectivity index (χ0n) is 7.73. The van der Waals surface area contributed by atoms with Gasteiger partial charge in [0.05, 0.1) is 18.7 Å². The standard InChI is InChI=1S/C10H8F2N2O/c11-10(12)15-14-7-9-4-2-1-3-8(9)5-6-13/h1-4,7,10H,5H2/b14-7+. The number of oxime groups is 1. The fourth-order valence-corrected chi connectivity index (χ4v) is 1.04. The number of benzene rings is 1. The van der Waals surface area contributed by atoms with Gasteiger partial charge in [0.1, 0.15) is 0 Å². The first kappa shape index (κ1) is 11.1. The minimum absolute atomic E-state index is 0.205. The fraction of sp³-hybridized carbons (Fsp3) is 0.200. The predicted molar refractivity (Wildman–Crippen MR) is 50.4 cm³/mol. The number of halogens is 2. The van der Waals surface area contributed by atoms with Crippen LogP contribution in [0.15, 0.2) is 29.4 Å². The smallest absolute Gasteiger partial charge is 0.326 e. The van der Waals surface area contributed by atoms with Gasteiger partial charge in [0.15, 0.2) is 0 Å². The molecule has 0 heterocycles. The Morgan fingerprint density at radius 3 is 2.87 bits per heavy atom. The minimum atomic E-state index is -2.93. The van der Waals surface area contributed by atoms with E-state index in [1.54, 1.807) is 24.3 Å². The van der Waals surface area contributed by atoms with E-state index in [-0.39, 0.29) is 6.42 Å². The summed E-state index contributed by atoms with van der Waals surface area (Å²) in [6, 6.07) is 8.86. The topological polar surface area (TPSA) is 45.4 Å². The van der Waals surface area contributed by atoms with Gasteiger partial charge in [-0.15, -0.1) is 0 Å². The summed E-state index contributed by atoms with van der Waals surface area (Å²) in [5.74, 6) is 0. The third-order valence-electron chi connectivity index (χ3n) is 1.66. The summed E-state index contributed by atoms with van der Waals surface area (Å²) in [7, 11) is 0. The van der Waals surface area contributed by atoms with Crippen molar-refractivity contribution in [1.82, 2.24) is 0 Å². The molecule has 0 saturated carbocycles. The summed E-state index contributed by atoms with van der Waals surface area (Å²) in [6.07, 6.45) is 1.37. The Hall–Kier alpha value is -1.96. The Balaban J connectivity index is 2.76. The Bertz CT molecular complexity index is 385. The first-order chi connectivity index (χ1) is 7.24. The number of alkyl halides is 2. The Morgan fingerprint density at radius 1 is 1.47 bits per heavy atom. The van der Waals surface area contributed by atoms with Gasteiger partial charge in [0, 0.05) is 5.56 Å².